The molecule has 0 saturated carbocycles. The molecule has 4 nitrogen and oxygen atoms in total. The Kier molecular flexibility index (Phi) is 2.82. The molecule has 18 heavy (non-hydrogen) atoms. The minimum atomic E-state index is -4.42. The average molecular weight is 256 g/mol. The molecular weight excluding hydrogens is 249 g/mol. The first kappa shape index (κ1) is 12.2. The van der Waals surface area contributed by atoms with Gasteiger partial charge in [0.25, 0.3) is 0 Å². The molecule has 2 N–H and O–H groups in total. The van der Waals surface area contributed by atoms with Crippen LogP contribution in [0.2, 0.25) is 0 Å². The largest absolute Gasteiger partial charge is 0.493 e. The molecule has 7 heteroatoms. The smallest absolute Gasteiger partial charge is 0.416 e. The minimum Gasteiger partial charge on any atom is -0.493 e. The number of nitrogens with zero attached hydrogens (tertiary/aromatic N) is 2. The molecule has 1 heterocycles. The summed E-state index contributed by atoms with van der Waals surface area (Å²) >= 11 is 0. The Bertz CT molecular complexity index is 547. The highest BCUT2D eigenvalue weighted by atomic mass is 19.4. The highest BCUT2D eigenvalue weighted by Gasteiger charge is 2.30. The average Bonchev–Trinajstić information content (AvgIpc) is 2.27. The van der Waals surface area contributed by atoms with Crippen LogP contribution < -0.4 is 0 Å². The van der Waals surface area contributed by atoms with Crippen molar-refractivity contribution in [1.29, 1.82) is 0 Å². The Balaban J connectivity index is 2.40. The molecule has 0 spiro atoms. The van der Waals surface area contributed by atoms with Crippen LogP contribution in [0.5, 0.6) is 11.8 Å². The van der Waals surface area contributed by atoms with Crippen molar-refractivity contribution in [2.75, 3.05) is 0 Å². The predicted molar refractivity (Wildman–Crippen MR) is 55.8 cm³/mol. The van der Waals surface area contributed by atoms with Gasteiger partial charge in [0.1, 0.15) is 0 Å². The van der Waals surface area contributed by atoms with E-state index in [0.717, 1.165) is 30.3 Å². The van der Waals surface area contributed by atoms with E-state index in [9.17, 15) is 13.2 Å². The fourth-order valence-corrected chi connectivity index (χ4v) is 1.36. The van der Waals surface area contributed by atoms with E-state index in [1.165, 1.54) is 0 Å². The summed E-state index contributed by atoms with van der Waals surface area (Å²) in [6.07, 6.45) is -4.42. The standard InChI is InChI=1S/C11H7F3N2O2/c12-11(13,14)7-3-1-6(2-4-7)10-15-8(17)5-9(18)16-10/h1-5H,(H2,15,16,17,18). The molecule has 0 bridgehead atoms. The van der Waals surface area contributed by atoms with E-state index in [-0.39, 0.29) is 11.4 Å². The van der Waals surface area contributed by atoms with Gasteiger partial charge in [-0.05, 0) is 12.1 Å². The molecule has 0 aliphatic rings. The Morgan fingerprint density at radius 2 is 1.39 bits per heavy atom. The molecule has 0 fully saturated rings. The van der Waals surface area contributed by atoms with Crippen LogP contribution in [0.1, 0.15) is 5.56 Å². The Hall–Kier alpha value is -2.31. The second kappa shape index (κ2) is 4.17. The lowest BCUT2D eigenvalue weighted by molar-refractivity contribution is -0.137. The summed E-state index contributed by atoms with van der Waals surface area (Å²) in [6.45, 7) is 0. The molecule has 2 rings (SSSR count). The summed E-state index contributed by atoms with van der Waals surface area (Å²) in [5.41, 5.74) is -0.537. The number of aromatic hydroxyl groups is 2. The molecule has 1 aromatic carbocycles. The van der Waals surface area contributed by atoms with E-state index in [2.05, 4.69) is 9.97 Å². The third kappa shape index (κ3) is 2.50. The molecule has 0 aliphatic heterocycles. The van der Waals surface area contributed by atoms with Crippen molar-refractivity contribution in [1.82, 2.24) is 9.97 Å². The molecule has 0 saturated heterocycles. The molecule has 0 amide bonds. The molecule has 0 radical (unpaired) electrons. The number of alkyl halides is 3. The lowest BCUT2D eigenvalue weighted by Gasteiger charge is -2.07. The maximum absolute atomic E-state index is 12.3. The van der Waals surface area contributed by atoms with Crippen LogP contribution in [0.4, 0.5) is 13.2 Å². The number of rotatable bonds is 1. The fraction of sp³-hybridized carbons (Fsp3) is 0.0909. The molecule has 0 atom stereocenters. The van der Waals surface area contributed by atoms with Gasteiger partial charge in [-0.15, -0.1) is 0 Å². The summed E-state index contributed by atoms with van der Waals surface area (Å²) in [5.74, 6) is -0.976. The van der Waals surface area contributed by atoms with Gasteiger partial charge in [0, 0.05) is 5.56 Å². The summed E-state index contributed by atoms with van der Waals surface area (Å²) in [4.78, 5) is 7.20. The molecule has 1 aromatic heterocycles. The highest BCUT2D eigenvalue weighted by Crippen LogP contribution is 2.30. The van der Waals surface area contributed by atoms with E-state index in [4.69, 9.17) is 10.2 Å². The third-order valence-electron chi connectivity index (χ3n) is 2.17. The monoisotopic (exact) mass is 256 g/mol. The van der Waals surface area contributed by atoms with Crippen molar-refractivity contribution in [2.45, 2.75) is 6.18 Å². The van der Waals surface area contributed by atoms with Crippen LogP contribution in [0.25, 0.3) is 11.4 Å². The van der Waals surface area contributed by atoms with E-state index >= 15 is 0 Å². The maximum atomic E-state index is 12.3. The van der Waals surface area contributed by atoms with E-state index in [1.54, 1.807) is 0 Å². The van der Waals surface area contributed by atoms with E-state index in [0.29, 0.717) is 0 Å². The summed E-state index contributed by atoms with van der Waals surface area (Å²) < 4.78 is 37.0. The summed E-state index contributed by atoms with van der Waals surface area (Å²) in [6, 6.07) is 5.00. The van der Waals surface area contributed by atoms with Gasteiger partial charge in [-0.2, -0.15) is 23.1 Å². The van der Waals surface area contributed by atoms with Crippen LogP contribution in [0.15, 0.2) is 30.3 Å². The SMILES string of the molecule is Oc1cc(O)nc(-c2ccc(C(F)(F)F)cc2)n1. The van der Waals surface area contributed by atoms with Crippen molar-refractivity contribution in [2.24, 2.45) is 0 Å². The zero-order valence-electron chi connectivity index (χ0n) is 8.81. The Morgan fingerprint density at radius 1 is 0.889 bits per heavy atom. The van der Waals surface area contributed by atoms with Gasteiger partial charge in [-0.25, -0.2) is 0 Å². The second-order valence-corrected chi connectivity index (χ2v) is 3.48. The van der Waals surface area contributed by atoms with Gasteiger partial charge in [0.15, 0.2) is 5.82 Å². The van der Waals surface area contributed by atoms with Crippen molar-refractivity contribution >= 4 is 0 Å². The van der Waals surface area contributed by atoms with Gasteiger partial charge in [-0.1, -0.05) is 12.1 Å². The predicted octanol–water partition coefficient (Wildman–Crippen LogP) is 2.57. The van der Waals surface area contributed by atoms with Gasteiger partial charge >= 0.3 is 6.18 Å². The molecule has 94 valence electrons. The normalized spacial score (nSPS) is 11.5. The summed E-state index contributed by atoms with van der Waals surface area (Å²) in [5, 5.41) is 18.3. The third-order valence-corrected chi connectivity index (χ3v) is 2.17. The lowest BCUT2D eigenvalue weighted by atomic mass is 10.1. The fourth-order valence-electron chi connectivity index (χ4n) is 1.36. The van der Waals surface area contributed by atoms with E-state index < -0.39 is 23.5 Å². The molecule has 0 unspecified atom stereocenters. The number of halogens is 3. The first-order valence-corrected chi connectivity index (χ1v) is 4.81. The van der Waals surface area contributed by atoms with Crippen molar-refractivity contribution in [3.63, 3.8) is 0 Å². The number of aromatic nitrogens is 2. The van der Waals surface area contributed by atoms with Gasteiger partial charge in [0.2, 0.25) is 11.8 Å². The van der Waals surface area contributed by atoms with Gasteiger partial charge < -0.3 is 10.2 Å². The van der Waals surface area contributed by atoms with E-state index in [1.807, 2.05) is 0 Å². The molecular formula is C11H7F3N2O2. The van der Waals surface area contributed by atoms with Crippen LogP contribution >= 0.6 is 0 Å². The first-order valence-electron chi connectivity index (χ1n) is 4.81. The van der Waals surface area contributed by atoms with Crippen molar-refractivity contribution < 1.29 is 23.4 Å². The van der Waals surface area contributed by atoms with Crippen molar-refractivity contribution in [3.05, 3.63) is 35.9 Å². The first-order chi connectivity index (χ1) is 8.36. The minimum absolute atomic E-state index is 0.0544. The zero-order chi connectivity index (χ0) is 13.3. The van der Waals surface area contributed by atoms with Crippen LogP contribution in [-0.4, -0.2) is 20.2 Å². The zero-order valence-corrected chi connectivity index (χ0v) is 8.81. The van der Waals surface area contributed by atoms with Crippen LogP contribution in [0.3, 0.4) is 0 Å². The van der Waals surface area contributed by atoms with Crippen molar-refractivity contribution in [3.8, 4) is 23.1 Å². The maximum Gasteiger partial charge on any atom is 0.416 e. The van der Waals surface area contributed by atoms with Crippen LogP contribution in [0, 0.1) is 0 Å². The Morgan fingerprint density at radius 3 is 1.83 bits per heavy atom. The van der Waals surface area contributed by atoms with Gasteiger partial charge in [0.05, 0.1) is 11.6 Å². The highest BCUT2D eigenvalue weighted by molar-refractivity contribution is 5.56. The van der Waals surface area contributed by atoms with Gasteiger partial charge in [-0.3, -0.25) is 0 Å². The number of benzene rings is 1. The lowest BCUT2D eigenvalue weighted by Crippen LogP contribution is -2.04. The topological polar surface area (TPSA) is 66.2 Å². The summed E-state index contributed by atoms with van der Waals surface area (Å²) in [7, 11) is 0. The molecule has 0 aliphatic carbocycles. The molecule has 2 aromatic rings. The number of hydrogen-bond acceptors (Lipinski definition) is 4. The quantitative estimate of drug-likeness (QED) is 0.822. The second-order valence-electron chi connectivity index (χ2n) is 3.48. The number of hydrogen-bond donors (Lipinski definition) is 2. The van der Waals surface area contributed by atoms with Crippen LogP contribution in [-0.2, 0) is 6.18 Å². The Labute approximate surface area is 99.4 Å².